The summed E-state index contributed by atoms with van der Waals surface area (Å²) in [6.07, 6.45) is 0. The van der Waals surface area contributed by atoms with Crippen molar-refractivity contribution in [2.45, 2.75) is 13.5 Å². The Morgan fingerprint density at radius 3 is 3.08 bits per heavy atom. The molecule has 0 radical (unpaired) electrons. The van der Waals surface area contributed by atoms with Crippen LogP contribution in [0.15, 0.2) is 15.9 Å². The van der Waals surface area contributed by atoms with Gasteiger partial charge in [-0.05, 0) is 27.4 Å². The number of carbonyl (C=O) groups excluding carboxylic acids is 1. The summed E-state index contributed by atoms with van der Waals surface area (Å²) in [5, 5.41) is 1.95. The molecule has 1 N–H and O–H groups in total. The minimum atomic E-state index is -0.192. The molecule has 1 heterocycles. The highest BCUT2D eigenvalue weighted by Crippen LogP contribution is 2.22. The second kappa shape index (κ2) is 4.59. The summed E-state index contributed by atoms with van der Waals surface area (Å²) in [6, 6.07) is 1.94. The lowest BCUT2D eigenvalue weighted by Gasteiger charge is -2.00. The lowest BCUT2D eigenvalue weighted by Crippen LogP contribution is -2.19. The molecule has 0 fully saturated rings. The number of hydrogen-bond donors (Lipinski definition) is 1. The molecule has 5 heteroatoms. The smallest absolute Gasteiger partial charge is 0.240 e. The summed E-state index contributed by atoms with van der Waals surface area (Å²) in [4.78, 5) is 16.4. The highest BCUT2D eigenvalue weighted by molar-refractivity contribution is 9.10. The first-order valence-corrected chi connectivity index (χ1v) is 4.97. The molecule has 66 valence electrons. The zero-order chi connectivity index (χ0) is 8.97. The quantitative estimate of drug-likeness (QED) is 0.834. The zero-order valence-electron chi connectivity index (χ0n) is 6.46. The van der Waals surface area contributed by atoms with E-state index in [2.05, 4.69) is 21.4 Å². The fourth-order valence-corrected chi connectivity index (χ4v) is 2.01. The largest absolute Gasteiger partial charge is 0.273 e. The van der Waals surface area contributed by atoms with E-state index in [1.165, 1.54) is 6.92 Å². The molecule has 0 aliphatic heterocycles. The molecular formula is C7H8BrNO2S. The molecule has 1 amide bonds. The van der Waals surface area contributed by atoms with Gasteiger partial charge in [0, 0.05) is 16.3 Å². The summed E-state index contributed by atoms with van der Waals surface area (Å²) in [5.74, 6) is -0.192. The van der Waals surface area contributed by atoms with Gasteiger partial charge in [0.1, 0.15) is 6.61 Å². The summed E-state index contributed by atoms with van der Waals surface area (Å²) >= 11 is 4.93. The maximum absolute atomic E-state index is 10.4. The molecule has 0 unspecified atom stereocenters. The Hall–Kier alpha value is -0.390. The van der Waals surface area contributed by atoms with Crippen molar-refractivity contribution in [2.75, 3.05) is 0 Å². The van der Waals surface area contributed by atoms with Crippen LogP contribution < -0.4 is 5.48 Å². The maximum atomic E-state index is 10.4. The standard InChI is InChI=1S/C7H8BrNO2S/c1-5(10)9-11-4-7-6(8)2-3-12-7/h2-3H,4H2,1H3,(H,9,10). The lowest BCUT2D eigenvalue weighted by molar-refractivity contribution is -0.132. The third-order valence-electron chi connectivity index (χ3n) is 1.11. The predicted octanol–water partition coefficient (Wildman–Crippen LogP) is 2.08. The number of amides is 1. The van der Waals surface area contributed by atoms with Crippen LogP contribution in [0.25, 0.3) is 0 Å². The Labute approximate surface area is 82.8 Å². The number of hydroxylamine groups is 1. The Kier molecular flexibility index (Phi) is 3.71. The molecule has 0 aromatic carbocycles. The fourth-order valence-electron chi connectivity index (χ4n) is 0.631. The molecule has 1 aromatic rings. The number of halogens is 1. The first-order valence-electron chi connectivity index (χ1n) is 3.30. The number of rotatable bonds is 3. The molecule has 0 atom stereocenters. The van der Waals surface area contributed by atoms with Gasteiger partial charge in [0.05, 0.1) is 0 Å². The average Bonchev–Trinajstić information content (AvgIpc) is 2.36. The Balaban J connectivity index is 2.33. The van der Waals surface area contributed by atoms with Crippen LogP contribution in [0.4, 0.5) is 0 Å². The molecule has 1 aromatic heterocycles. The zero-order valence-corrected chi connectivity index (χ0v) is 8.87. The third-order valence-corrected chi connectivity index (χ3v) is 3.01. The first-order chi connectivity index (χ1) is 5.70. The Morgan fingerprint density at radius 1 is 1.83 bits per heavy atom. The molecule has 12 heavy (non-hydrogen) atoms. The third kappa shape index (κ3) is 2.92. The van der Waals surface area contributed by atoms with E-state index in [0.717, 1.165) is 9.35 Å². The van der Waals surface area contributed by atoms with Crippen molar-refractivity contribution in [1.29, 1.82) is 0 Å². The van der Waals surface area contributed by atoms with Crippen molar-refractivity contribution in [3.05, 3.63) is 20.8 Å². The lowest BCUT2D eigenvalue weighted by atomic mass is 10.5. The summed E-state index contributed by atoms with van der Waals surface area (Å²) in [5.41, 5.74) is 2.26. The molecule has 0 saturated carbocycles. The van der Waals surface area contributed by atoms with Gasteiger partial charge in [-0.1, -0.05) is 0 Å². The Morgan fingerprint density at radius 2 is 2.58 bits per heavy atom. The molecule has 0 aliphatic rings. The highest BCUT2D eigenvalue weighted by Gasteiger charge is 2.00. The van der Waals surface area contributed by atoms with Crippen LogP contribution in [-0.2, 0) is 16.2 Å². The van der Waals surface area contributed by atoms with Crippen LogP contribution in [0.5, 0.6) is 0 Å². The van der Waals surface area contributed by atoms with Crippen molar-refractivity contribution in [3.63, 3.8) is 0 Å². The molecule has 0 spiro atoms. The molecule has 1 rings (SSSR count). The first kappa shape index (κ1) is 9.70. The second-order valence-electron chi connectivity index (χ2n) is 2.14. The molecule has 0 aliphatic carbocycles. The van der Waals surface area contributed by atoms with Gasteiger partial charge < -0.3 is 0 Å². The van der Waals surface area contributed by atoms with Gasteiger partial charge in [-0.15, -0.1) is 11.3 Å². The van der Waals surface area contributed by atoms with E-state index in [0.29, 0.717) is 6.61 Å². The van der Waals surface area contributed by atoms with Crippen LogP contribution in [0.2, 0.25) is 0 Å². The monoisotopic (exact) mass is 249 g/mol. The van der Waals surface area contributed by atoms with E-state index in [4.69, 9.17) is 4.84 Å². The topological polar surface area (TPSA) is 38.3 Å². The minimum Gasteiger partial charge on any atom is -0.273 e. The van der Waals surface area contributed by atoms with Crippen molar-refractivity contribution >= 4 is 33.2 Å². The Bertz CT molecular complexity index is 274. The van der Waals surface area contributed by atoms with Crippen LogP contribution in [0, 0.1) is 0 Å². The number of thiophene rings is 1. The fraction of sp³-hybridized carbons (Fsp3) is 0.286. The van der Waals surface area contributed by atoms with Gasteiger partial charge in [-0.3, -0.25) is 9.63 Å². The van der Waals surface area contributed by atoms with Gasteiger partial charge in [0.15, 0.2) is 0 Å². The van der Waals surface area contributed by atoms with Gasteiger partial charge >= 0.3 is 0 Å². The number of hydrogen-bond acceptors (Lipinski definition) is 3. The van der Waals surface area contributed by atoms with Gasteiger partial charge in [-0.25, -0.2) is 5.48 Å². The molecule has 0 bridgehead atoms. The molecular weight excluding hydrogens is 242 g/mol. The van der Waals surface area contributed by atoms with Crippen molar-refractivity contribution in [3.8, 4) is 0 Å². The molecule has 3 nitrogen and oxygen atoms in total. The number of carbonyl (C=O) groups is 1. The SMILES string of the molecule is CC(=O)NOCc1sccc1Br. The van der Waals surface area contributed by atoms with Crippen molar-refractivity contribution in [1.82, 2.24) is 5.48 Å². The van der Waals surface area contributed by atoms with Crippen molar-refractivity contribution < 1.29 is 9.63 Å². The van der Waals surface area contributed by atoms with Crippen molar-refractivity contribution in [2.24, 2.45) is 0 Å². The van der Waals surface area contributed by atoms with Crippen LogP contribution >= 0.6 is 27.3 Å². The van der Waals surface area contributed by atoms with Gasteiger partial charge in [0.25, 0.3) is 0 Å². The second-order valence-corrected chi connectivity index (χ2v) is 3.99. The van der Waals surface area contributed by atoms with E-state index in [-0.39, 0.29) is 5.91 Å². The molecule has 0 saturated heterocycles. The summed E-state index contributed by atoms with van der Waals surface area (Å²) < 4.78 is 1.01. The average molecular weight is 250 g/mol. The van der Waals surface area contributed by atoms with E-state index < -0.39 is 0 Å². The van der Waals surface area contributed by atoms with E-state index >= 15 is 0 Å². The minimum absolute atomic E-state index is 0.192. The van der Waals surface area contributed by atoms with Crippen LogP contribution in [0.1, 0.15) is 11.8 Å². The normalized spacial score (nSPS) is 9.83. The number of nitrogens with one attached hydrogen (secondary N) is 1. The highest BCUT2D eigenvalue weighted by atomic mass is 79.9. The van der Waals surface area contributed by atoms with E-state index in [9.17, 15) is 4.79 Å². The predicted molar refractivity (Wildman–Crippen MR) is 50.6 cm³/mol. The van der Waals surface area contributed by atoms with Crippen LogP contribution in [0.3, 0.4) is 0 Å². The van der Waals surface area contributed by atoms with E-state index in [1.54, 1.807) is 11.3 Å². The van der Waals surface area contributed by atoms with E-state index in [1.807, 2.05) is 11.4 Å². The van der Waals surface area contributed by atoms with Crippen LogP contribution in [-0.4, -0.2) is 5.91 Å². The summed E-state index contributed by atoms with van der Waals surface area (Å²) in [7, 11) is 0. The van der Waals surface area contributed by atoms with Gasteiger partial charge in [0.2, 0.25) is 5.91 Å². The maximum Gasteiger partial charge on any atom is 0.240 e. The van der Waals surface area contributed by atoms with Gasteiger partial charge in [-0.2, -0.15) is 0 Å². The summed E-state index contributed by atoms with van der Waals surface area (Å²) in [6.45, 7) is 1.81.